The van der Waals surface area contributed by atoms with Gasteiger partial charge in [0.2, 0.25) is 5.91 Å². The molecule has 176 valence electrons. The third-order valence-electron chi connectivity index (χ3n) is 6.33. The van der Waals surface area contributed by atoms with Gasteiger partial charge in [-0.2, -0.15) is 0 Å². The summed E-state index contributed by atoms with van der Waals surface area (Å²) in [6.07, 6.45) is 4.51. The van der Waals surface area contributed by atoms with Gasteiger partial charge in [0.1, 0.15) is 12.4 Å². The van der Waals surface area contributed by atoms with Crippen molar-refractivity contribution in [1.29, 1.82) is 0 Å². The topological polar surface area (TPSA) is 89.4 Å². The molecule has 2 atom stereocenters. The van der Waals surface area contributed by atoms with Crippen LogP contribution in [0.2, 0.25) is 0 Å². The van der Waals surface area contributed by atoms with E-state index in [4.69, 9.17) is 15.2 Å². The Balaban J connectivity index is 1.48. The third-order valence-corrected chi connectivity index (χ3v) is 6.33. The zero-order chi connectivity index (χ0) is 23.5. The number of primary amides is 1. The number of methoxy groups -OCH3 is 1. The highest BCUT2D eigenvalue weighted by atomic mass is 19.1. The van der Waals surface area contributed by atoms with Crippen molar-refractivity contribution in [3.05, 3.63) is 59.0 Å². The number of ether oxygens (including phenoxy) is 2. The van der Waals surface area contributed by atoms with Gasteiger partial charge < -0.3 is 25.5 Å². The lowest BCUT2D eigenvalue weighted by atomic mass is 9.90. The number of benzene rings is 2. The molecule has 0 bridgehead atoms. The van der Waals surface area contributed by atoms with Gasteiger partial charge in [-0.25, -0.2) is 4.39 Å². The predicted molar refractivity (Wildman–Crippen MR) is 127 cm³/mol. The summed E-state index contributed by atoms with van der Waals surface area (Å²) in [7, 11) is 1.58. The maximum Gasteiger partial charge on any atom is 0.249 e. The smallest absolute Gasteiger partial charge is 0.249 e. The molecule has 7 heteroatoms. The van der Waals surface area contributed by atoms with Gasteiger partial charge >= 0.3 is 0 Å². The number of nitrogens with one attached hydrogen (secondary N) is 2. The second-order valence-electron chi connectivity index (χ2n) is 9.31. The fourth-order valence-electron chi connectivity index (χ4n) is 4.85. The summed E-state index contributed by atoms with van der Waals surface area (Å²) in [6.45, 7) is 5.71. The van der Waals surface area contributed by atoms with Gasteiger partial charge in [0.05, 0.1) is 7.11 Å². The van der Waals surface area contributed by atoms with Crippen LogP contribution in [0.25, 0.3) is 10.9 Å². The van der Waals surface area contributed by atoms with E-state index in [1.165, 1.54) is 6.07 Å². The van der Waals surface area contributed by atoms with E-state index in [0.717, 1.165) is 41.4 Å². The van der Waals surface area contributed by atoms with E-state index in [1.54, 1.807) is 31.4 Å². The Morgan fingerprint density at radius 1 is 1.33 bits per heavy atom. The molecule has 6 nitrogen and oxygen atoms in total. The number of carbonyl (C=O) groups excluding carboxylic acids is 1. The second kappa shape index (κ2) is 9.83. The summed E-state index contributed by atoms with van der Waals surface area (Å²) in [6, 6.07) is 8.33. The minimum absolute atomic E-state index is 0.0535. The second-order valence-corrected chi connectivity index (χ2v) is 9.31. The molecule has 0 fully saturated rings. The van der Waals surface area contributed by atoms with E-state index < -0.39 is 5.91 Å². The summed E-state index contributed by atoms with van der Waals surface area (Å²) in [5, 5.41) is 4.58. The quantitative estimate of drug-likeness (QED) is 0.453. The average Bonchev–Trinajstić information content (AvgIpc) is 3.17. The summed E-state index contributed by atoms with van der Waals surface area (Å²) in [4.78, 5) is 15.2. The van der Waals surface area contributed by atoms with E-state index in [9.17, 15) is 9.18 Å². The van der Waals surface area contributed by atoms with E-state index in [1.807, 2.05) is 6.20 Å². The molecule has 0 aliphatic carbocycles. The van der Waals surface area contributed by atoms with E-state index in [-0.39, 0.29) is 11.9 Å². The van der Waals surface area contributed by atoms with Gasteiger partial charge in [0, 0.05) is 34.3 Å². The van der Waals surface area contributed by atoms with Crippen LogP contribution in [0.5, 0.6) is 11.5 Å². The first-order chi connectivity index (χ1) is 15.9. The van der Waals surface area contributed by atoms with Crippen molar-refractivity contribution in [3.8, 4) is 11.5 Å². The summed E-state index contributed by atoms with van der Waals surface area (Å²) >= 11 is 0. The highest BCUT2D eigenvalue weighted by molar-refractivity contribution is 5.95. The molecule has 0 spiro atoms. The maximum absolute atomic E-state index is 13.8. The Labute approximate surface area is 193 Å². The standard InChI is InChI=1S/C26H32FN3O3/c1-15(2)8-16(9-17-13-30-23-6-4-18(27)10-21(17)23)12-29-19-11-22-20(26(28)31)5-7-24(32-3)25(22)33-14-19/h4-7,10,13,15-16,19,29-30H,8-9,11-12,14H2,1-3H3,(H2,28,31)/t16?,19-/m1/s1. The van der Waals surface area contributed by atoms with E-state index >= 15 is 0 Å². The van der Waals surface area contributed by atoms with Crippen molar-refractivity contribution in [2.75, 3.05) is 20.3 Å². The van der Waals surface area contributed by atoms with Gasteiger partial charge in [-0.3, -0.25) is 4.79 Å². The third kappa shape index (κ3) is 5.14. The van der Waals surface area contributed by atoms with Crippen molar-refractivity contribution in [2.45, 2.75) is 39.2 Å². The molecule has 33 heavy (non-hydrogen) atoms. The van der Waals surface area contributed by atoms with Gasteiger partial charge in [-0.15, -0.1) is 0 Å². The lowest BCUT2D eigenvalue weighted by molar-refractivity contribution is 0.0997. The van der Waals surface area contributed by atoms with E-state index in [2.05, 4.69) is 24.1 Å². The zero-order valence-electron chi connectivity index (χ0n) is 19.4. The summed E-state index contributed by atoms with van der Waals surface area (Å²) in [5.74, 6) is 1.43. The van der Waals surface area contributed by atoms with Crippen LogP contribution in [-0.2, 0) is 12.8 Å². The Morgan fingerprint density at radius 3 is 2.88 bits per heavy atom. The maximum atomic E-state index is 13.8. The Bertz CT molecular complexity index is 1140. The minimum Gasteiger partial charge on any atom is -0.493 e. The minimum atomic E-state index is -0.470. The first-order valence-corrected chi connectivity index (χ1v) is 11.5. The number of amides is 1. The molecule has 2 aromatic carbocycles. The first-order valence-electron chi connectivity index (χ1n) is 11.5. The number of hydrogen-bond acceptors (Lipinski definition) is 4. The van der Waals surface area contributed by atoms with Crippen LogP contribution >= 0.6 is 0 Å². The van der Waals surface area contributed by atoms with Gasteiger partial charge in [0.25, 0.3) is 0 Å². The predicted octanol–water partition coefficient (Wildman–Crippen LogP) is 4.21. The first kappa shape index (κ1) is 23.1. The van der Waals surface area contributed by atoms with Crippen LogP contribution in [0.1, 0.15) is 41.8 Å². The van der Waals surface area contributed by atoms with Crippen molar-refractivity contribution >= 4 is 16.8 Å². The molecular formula is C26H32FN3O3. The molecule has 1 aromatic heterocycles. The van der Waals surface area contributed by atoms with Gasteiger partial charge in [-0.1, -0.05) is 13.8 Å². The Hall–Kier alpha value is -3.06. The van der Waals surface area contributed by atoms with E-state index in [0.29, 0.717) is 41.9 Å². The number of hydrogen-bond donors (Lipinski definition) is 3. The normalized spacial score (nSPS) is 16.5. The molecule has 0 saturated heterocycles. The molecule has 0 radical (unpaired) electrons. The number of carbonyl (C=O) groups is 1. The average molecular weight is 454 g/mol. The fraction of sp³-hybridized carbons (Fsp3) is 0.423. The Morgan fingerprint density at radius 2 is 2.15 bits per heavy atom. The SMILES string of the molecule is COc1ccc(C(N)=O)c2c1OC[C@H](NCC(Cc1c[nH]c3ccc(F)cc13)CC(C)C)C2. The number of halogens is 1. The number of nitrogens with two attached hydrogens (primary N) is 1. The van der Waals surface area contributed by atoms with Crippen LogP contribution in [0.15, 0.2) is 36.5 Å². The largest absolute Gasteiger partial charge is 0.493 e. The number of aromatic amines is 1. The highest BCUT2D eigenvalue weighted by Gasteiger charge is 2.27. The van der Waals surface area contributed by atoms with Crippen molar-refractivity contribution < 1.29 is 18.7 Å². The molecule has 0 saturated carbocycles. The van der Waals surface area contributed by atoms with Crippen LogP contribution < -0.4 is 20.5 Å². The molecule has 1 aliphatic heterocycles. The van der Waals surface area contributed by atoms with Crippen molar-refractivity contribution in [2.24, 2.45) is 17.6 Å². The lowest BCUT2D eigenvalue weighted by Crippen LogP contribution is -2.42. The number of rotatable bonds is 9. The molecule has 1 amide bonds. The monoisotopic (exact) mass is 453 g/mol. The zero-order valence-corrected chi connectivity index (χ0v) is 19.4. The summed E-state index contributed by atoms with van der Waals surface area (Å²) in [5.41, 5.74) is 8.94. The molecule has 1 aliphatic rings. The van der Waals surface area contributed by atoms with Gasteiger partial charge in [0.15, 0.2) is 11.5 Å². The molecule has 4 rings (SSSR count). The number of H-pyrrole nitrogens is 1. The molecular weight excluding hydrogens is 421 g/mol. The van der Waals surface area contributed by atoms with Gasteiger partial charge in [-0.05, 0) is 73.5 Å². The molecule has 1 unspecified atom stereocenters. The highest BCUT2D eigenvalue weighted by Crippen LogP contribution is 2.37. The van der Waals surface area contributed by atoms with Crippen LogP contribution in [0, 0.1) is 17.7 Å². The van der Waals surface area contributed by atoms with Crippen LogP contribution in [0.4, 0.5) is 4.39 Å². The lowest BCUT2D eigenvalue weighted by Gasteiger charge is -2.30. The molecule has 4 N–H and O–H groups in total. The van der Waals surface area contributed by atoms with Crippen LogP contribution in [0.3, 0.4) is 0 Å². The molecule has 3 aromatic rings. The van der Waals surface area contributed by atoms with Crippen molar-refractivity contribution in [1.82, 2.24) is 10.3 Å². The Kier molecular flexibility index (Phi) is 6.88. The van der Waals surface area contributed by atoms with Crippen LogP contribution in [-0.4, -0.2) is 37.2 Å². The number of aromatic nitrogens is 1. The summed E-state index contributed by atoms with van der Waals surface area (Å²) < 4.78 is 25.2. The fourth-order valence-corrected chi connectivity index (χ4v) is 4.85. The molecule has 2 heterocycles. The van der Waals surface area contributed by atoms with Crippen molar-refractivity contribution in [3.63, 3.8) is 0 Å². The number of fused-ring (bicyclic) bond motifs is 2.